The molecule has 2 aromatic carbocycles. The molecular weight excluding hydrogens is 438 g/mol. The molecule has 0 saturated carbocycles. The van der Waals surface area contributed by atoms with Gasteiger partial charge in [-0.15, -0.1) is 11.3 Å². The Hall–Kier alpha value is -3.56. The van der Waals surface area contributed by atoms with Crippen molar-refractivity contribution in [3.8, 4) is 11.3 Å². The number of nitrogens with zero attached hydrogens (tertiary/aromatic N) is 4. The SMILES string of the molecule is O=C(Nc1ccc(-c2csc(N3CCOCC3)n2)cc1)C1=NN(c2ccccc2)C(=O)CC1. The van der Waals surface area contributed by atoms with E-state index < -0.39 is 0 Å². The second-order valence-corrected chi connectivity index (χ2v) is 8.57. The summed E-state index contributed by atoms with van der Waals surface area (Å²) >= 11 is 1.62. The van der Waals surface area contributed by atoms with Gasteiger partial charge in [0.1, 0.15) is 5.71 Å². The highest BCUT2D eigenvalue weighted by Crippen LogP contribution is 2.29. The van der Waals surface area contributed by atoms with Gasteiger partial charge in [-0.05, 0) is 24.3 Å². The van der Waals surface area contributed by atoms with Crippen molar-refractivity contribution in [2.75, 3.05) is 41.5 Å². The Kier molecular flexibility index (Phi) is 6.14. The lowest BCUT2D eigenvalue weighted by atomic mass is 10.1. The maximum Gasteiger partial charge on any atom is 0.271 e. The molecule has 5 rings (SSSR count). The Labute approximate surface area is 195 Å². The van der Waals surface area contributed by atoms with E-state index in [1.165, 1.54) is 5.01 Å². The number of benzene rings is 2. The minimum atomic E-state index is -0.306. The fraction of sp³-hybridized carbons (Fsp3) is 0.250. The zero-order chi connectivity index (χ0) is 22.6. The molecule has 3 heterocycles. The fourth-order valence-corrected chi connectivity index (χ4v) is 4.60. The molecule has 0 spiro atoms. The van der Waals surface area contributed by atoms with Gasteiger partial charge in [-0.2, -0.15) is 5.10 Å². The zero-order valence-corrected chi connectivity index (χ0v) is 18.8. The van der Waals surface area contributed by atoms with Crippen molar-refractivity contribution in [1.82, 2.24) is 4.98 Å². The summed E-state index contributed by atoms with van der Waals surface area (Å²) in [6.07, 6.45) is 0.560. The van der Waals surface area contributed by atoms with E-state index in [0.717, 1.165) is 42.7 Å². The normalized spacial score (nSPS) is 16.5. The summed E-state index contributed by atoms with van der Waals surface area (Å²) in [6, 6.07) is 16.7. The third-order valence-electron chi connectivity index (χ3n) is 5.51. The standard InChI is InChI=1S/C24H23N5O3S/c30-22-11-10-20(27-29(22)19-4-2-1-3-5-19)23(31)25-18-8-6-17(7-9-18)21-16-33-24(26-21)28-12-14-32-15-13-28/h1-9,16H,10-15H2,(H,25,31). The summed E-state index contributed by atoms with van der Waals surface area (Å²) < 4.78 is 5.41. The predicted octanol–water partition coefficient (Wildman–Crippen LogP) is 3.77. The van der Waals surface area contributed by atoms with E-state index >= 15 is 0 Å². The van der Waals surface area contributed by atoms with Crippen molar-refractivity contribution in [1.29, 1.82) is 0 Å². The van der Waals surface area contributed by atoms with Crippen LogP contribution in [0.5, 0.6) is 0 Å². The first-order chi connectivity index (χ1) is 16.2. The number of para-hydroxylation sites is 1. The number of carbonyl (C=O) groups excluding carboxylic acids is 2. The lowest BCUT2D eigenvalue weighted by Gasteiger charge is -2.26. The molecule has 33 heavy (non-hydrogen) atoms. The van der Waals surface area contributed by atoms with Gasteiger partial charge >= 0.3 is 0 Å². The summed E-state index contributed by atoms with van der Waals surface area (Å²) in [7, 11) is 0. The molecule has 1 saturated heterocycles. The summed E-state index contributed by atoms with van der Waals surface area (Å²) in [5, 5.41) is 11.5. The molecule has 1 fully saturated rings. The van der Waals surface area contributed by atoms with Crippen LogP contribution in [0, 0.1) is 0 Å². The Morgan fingerprint density at radius 1 is 1.00 bits per heavy atom. The molecule has 0 aliphatic carbocycles. The molecule has 2 aliphatic rings. The highest BCUT2D eigenvalue weighted by atomic mass is 32.1. The number of hydrogen-bond acceptors (Lipinski definition) is 7. The van der Waals surface area contributed by atoms with Gasteiger partial charge in [0.25, 0.3) is 5.91 Å². The summed E-state index contributed by atoms with van der Waals surface area (Å²) in [5.41, 5.74) is 3.54. The first-order valence-electron chi connectivity index (χ1n) is 10.8. The van der Waals surface area contributed by atoms with Crippen LogP contribution in [0.4, 0.5) is 16.5 Å². The average molecular weight is 462 g/mol. The number of thiazole rings is 1. The van der Waals surface area contributed by atoms with E-state index in [0.29, 0.717) is 23.5 Å². The number of aromatic nitrogens is 1. The smallest absolute Gasteiger partial charge is 0.271 e. The largest absolute Gasteiger partial charge is 0.378 e. The van der Waals surface area contributed by atoms with Crippen LogP contribution < -0.4 is 15.2 Å². The van der Waals surface area contributed by atoms with Gasteiger partial charge in [0, 0.05) is 42.6 Å². The number of carbonyl (C=O) groups is 2. The quantitative estimate of drug-likeness (QED) is 0.625. The maximum absolute atomic E-state index is 12.8. The number of anilines is 3. The average Bonchev–Trinajstić information content (AvgIpc) is 3.36. The number of nitrogens with one attached hydrogen (secondary N) is 1. The second kappa shape index (κ2) is 9.51. The molecular formula is C24H23N5O3S. The molecule has 0 bridgehead atoms. The number of morpholine rings is 1. The minimum Gasteiger partial charge on any atom is -0.378 e. The Balaban J connectivity index is 1.26. The highest BCUT2D eigenvalue weighted by molar-refractivity contribution is 7.14. The molecule has 1 N–H and O–H groups in total. The van der Waals surface area contributed by atoms with Gasteiger partial charge in [0.2, 0.25) is 5.91 Å². The van der Waals surface area contributed by atoms with Gasteiger partial charge in [-0.1, -0.05) is 30.3 Å². The van der Waals surface area contributed by atoms with Crippen molar-refractivity contribution in [2.24, 2.45) is 5.10 Å². The third-order valence-corrected chi connectivity index (χ3v) is 6.41. The van der Waals surface area contributed by atoms with Gasteiger partial charge in [-0.3, -0.25) is 9.59 Å². The molecule has 0 atom stereocenters. The molecule has 1 aromatic heterocycles. The lowest BCUT2D eigenvalue weighted by Crippen LogP contribution is -2.36. The monoisotopic (exact) mass is 461 g/mol. The van der Waals surface area contributed by atoms with E-state index in [-0.39, 0.29) is 18.2 Å². The predicted molar refractivity (Wildman–Crippen MR) is 130 cm³/mol. The van der Waals surface area contributed by atoms with Crippen LogP contribution in [0.15, 0.2) is 65.1 Å². The molecule has 9 heteroatoms. The van der Waals surface area contributed by atoms with Crippen LogP contribution >= 0.6 is 11.3 Å². The van der Waals surface area contributed by atoms with Gasteiger partial charge in [0.05, 0.1) is 24.6 Å². The lowest BCUT2D eigenvalue weighted by molar-refractivity contribution is -0.118. The number of rotatable bonds is 5. The van der Waals surface area contributed by atoms with E-state index in [1.54, 1.807) is 23.5 Å². The molecule has 2 aliphatic heterocycles. The van der Waals surface area contributed by atoms with Crippen LogP contribution in [-0.2, 0) is 14.3 Å². The van der Waals surface area contributed by atoms with Crippen molar-refractivity contribution in [3.05, 3.63) is 60.0 Å². The Bertz CT molecular complexity index is 1170. The molecule has 0 radical (unpaired) electrons. The van der Waals surface area contributed by atoms with Crippen molar-refractivity contribution < 1.29 is 14.3 Å². The topological polar surface area (TPSA) is 87.1 Å². The molecule has 0 unspecified atom stereocenters. The van der Waals surface area contributed by atoms with E-state index in [4.69, 9.17) is 9.72 Å². The van der Waals surface area contributed by atoms with Crippen LogP contribution in [0.2, 0.25) is 0 Å². The third kappa shape index (κ3) is 4.79. The first kappa shape index (κ1) is 21.3. The van der Waals surface area contributed by atoms with Gasteiger partial charge in [0.15, 0.2) is 5.13 Å². The molecule has 168 valence electrons. The van der Waals surface area contributed by atoms with Crippen LogP contribution in [0.1, 0.15) is 12.8 Å². The second-order valence-electron chi connectivity index (χ2n) is 7.73. The Morgan fingerprint density at radius 2 is 1.76 bits per heavy atom. The van der Waals surface area contributed by atoms with Crippen molar-refractivity contribution in [2.45, 2.75) is 12.8 Å². The first-order valence-corrected chi connectivity index (χ1v) is 11.7. The molecule has 3 aromatic rings. The molecule has 8 nitrogen and oxygen atoms in total. The summed E-state index contributed by atoms with van der Waals surface area (Å²) in [4.78, 5) is 32.0. The highest BCUT2D eigenvalue weighted by Gasteiger charge is 2.25. The van der Waals surface area contributed by atoms with Gasteiger partial charge < -0.3 is 15.0 Å². The van der Waals surface area contributed by atoms with E-state index in [1.807, 2.05) is 47.8 Å². The number of hydrogen-bond donors (Lipinski definition) is 1. The van der Waals surface area contributed by atoms with Gasteiger partial charge in [-0.25, -0.2) is 9.99 Å². The van der Waals surface area contributed by atoms with Crippen LogP contribution in [0.25, 0.3) is 11.3 Å². The summed E-state index contributed by atoms with van der Waals surface area (Å²) in [5.74, 6) is -0.429. The maximum atomic E-state index is 12.8. The van der Waals surface area contributed by atoms with Crippen molar-refractivity contribution >= 4 is 45.4 Å². The minimum absolute atomic E-state index is 0.123. The number of hydrazone groups is 1. The summed E-state index contributed by atoms with van der Waals surface area (Å²) in [6.45, 7) is 3.17. The number of amides is 2. The van der Waals surface area contributed by atoms with E-state index in [9.17, 15) is 9.59 Å². The number of ether oxygens (including phenoxy) is 1. The van der Waals surface area contributed by atoms with E-state index in [2.05, 4.69) is 15.3 Å². The van der Waals surface area contributed by atoms with Crippen LogP contribution in [0.3, 0.4) is 0 Å². The Morgan fingerprint density at radius 3 is 2.52 bits per heavy atom. The fourth-order valence-electron chi connectivity index (χ4n) is 3.71. The molecule has 2 amide bonds. The van der Waals surface area contributed by atoms with Crippen LogP contribution in [-0.4, -0.2) is 48.8 Å². The zero-order valence-electron chi connectivity index (χ0n) is 17.9. The van der Waals surface area contributed by atoms with Crippen molar-refractivity contribution in [3.63, 3.8) is 0 Å².